The summed E-state index contributed by atoms with van der Waals surface area (Å²) in [6.45, 7) is 2.18. The predicted molar refractivity (Wildman–Crippen MR) is 89.5 cm³/mol. The molecule has 0 unspecified atom stereocenters. The molecule has 24 heavy (non-hydrogen) atoms. The lowest BCUT2D eigenvalue weighted by molar-refractivity contribution is -0.126. The van der Waals surface area contributed by atoms with Gasteiger partial charge in [0.2, 0.25) is 11.8 Å². The van der Waals surface area contributed by atoms with Crippen LogP contribution in [0.5, 0.6) is 0 Å². The molecule has 2 fully saturated rings. The molecule has 4 rings (SSSR count). The number of rotatable bonds is 4. The number of fused-ring (bicyclic) bond motifs is 2. The van der Waals surface area contributed by atoms with E-state index >= 15 is 0 Å². The van der Waals surface area contributed by atoms with Crippen molar-refractivity contribution in [2.24, 2.45) is 5.92 Å². The molecule has 1 aromatic heterocycles. The van der Waals surface area contributed by atoms with Gasteiger partial charge in [0.05, 0.1) is 30.4 Å². The summed E-state index contributed by atoms with van der Waals surface area (Å²) < 4.78 is 11.6. The smallest absolute Gasteiger partial charge is 0.226 e. The Bertz CT molecular complexity index is 756. The minimum absolute atomic E-state index is 0.0319. The fourth-order valence-electron chi connectivity index (χ4n) is 3.60. The fraction of sp³-hybridized carbons (Fsp3) is 0.444. The zero-order chi connectivity index (χ0) is 16.7. The first-order valence-corrected chi connectivity index (χ1v) is 8.63. The van der Waals surface area contributed by atoms with E-state index in [1.165, 1.54) is 0 Å². The van der Waals surface area contributed by atoms with Crippen molar-refractivity contribution in [3.8, 4) is 11.3 Å². The Balaban J connectivity index is 1.41. The van der Waals surface area contributed by atoms with E-state index in [0.717, 1.165) is 30.5 Å². The standard InChI is InChI=1S/C18H19ClN2O3/c1-10-17(11-2-4-12(19)5-3-11)24-16(21-10)9-20-18(22)14-8-13-6-7-15(14)23-13/h2-5,13-15H,6-9H2,1H3,(H,20,22)/t13-,14-,15-/m1/s1. The van der Waals surface area contributed by atoms with Crippen LogP contribution >= 0.6 is 11.6 Å². The number of aryl methyl sites for hydroxylation is 1. The minimum atomic E-state index is -0.0319. The van der Waals surface area contributed by atoms with Gasteiger partial charge in [0, 0.05) is 10.6 Å². The number of carbonyl (C=O) groups is 1. The van der Waals surface area contributed by atoms with Crippen molar-refractivity contribution in [1.29, 1.82) is 0 Å². The average molecular weight is 347 g/mol. The highest BCUT2D eigenvalue weighted by Crippen LogP contribution is 2.38. The predicted octanol–water partition coefficient (Wildman–Crippen LogP) is 3.49. The van der Waals surface area contributed by atoms with Crippen LogP contribution in [-0.4, -0.2) is 23.1 Å². The number of halogens is 1. The Morgan fingerprint density at radius 3 is 2.79 bits per heavy atom. The van der Waals surface area contributed by atoms with Crippen LogP contribution in [-0.2, 0) is 16.1 Å². The zero-order valence-corrected chi connectivity index (χ0v) is 14.2. The fourth-order valence-corrected chi connectivity index (χ4v) is 3.73. The number of nitrogens with one attached hydrogen (secondary N) is 1. The van der Waals surface area contributed by atoms with Crippen LogP contribution < -0.4 is 5.32 Å². The summed E-state index contributed by atoms with van der Waals surface area (Å²) in [4.78, 5) is 16.7. The molecule has 1 N–H and O–H groups in total. The van der Waals surface area contributed by atoms with Crippen LogP contribution in [0.3, 0.4) is 0 Å². The highest BCUT2D eigenvalue weighted by atomic mass is 35.5. The molecular formula is C18H19ClN2O3. The van der Waals surface area contributed by atoms with Gasteiger partial charge in [-0.2, -0.15) is 0 Å². The molecule has 1 aromatic carbocycles. The van der Waals surface area contributed by atoms with E-state index < -0.39 is 0 Å². The monoisotopic (exact) mass is 346 g/mol. The molecule has 6 heteroatoms. The second-order valence-corrected chi connectivity index (χ2v) is 6.90. The number of amides is 1. The molecule has 2 aromatic rings. The lowest BCUT2D eigenvalue weighted by Gasteiger charge is -2.17. The molecular weight excluding hydrogens is 328 g/mol. The maximum atomic E-state index is 12.3. The molecule has 2 aliphatic rings. The maximum absolute atomic E-state index is 12.3. The quantitative estimate of drug-likeness (QED) is 0.920. The third-order valence-corrected chi connectivity index (χ3v) is 5.06. The van der Waals surface area contributed by atoms with Crippen LogP contribution in [0.2, 0.25) is 5.02 Å². The third-order valence-electron chi connectivity index (χ3n) is 4.80. The van der Waals surface area contributed by atoms with Gasteiger partial charge in [-0.05, 0) is 50.5 Å². The highest BCUT2D eigenvalue weighted by molar-refractivity contribution is 6.30. The second-order valence-electron chi connectivity index (χ2n) is 6.46. The van der Waals surface area contributed by atoms with Gasteiger partial charge in [-0.15, -0.1) is 0 Å². The van der Waals surface area contributed by atoms with Gasteiger partial charge in [0.25, 0.3) is 0 Å². The van der Waals surface area contributed by atoms with E-state index in [1.54, 1.807) is 0 Å². The molecule has 5 nitrogen and oxygen atoms in total. The highest BCUT2D eigenvalue weighted by Gasteiger charge is 2.44. The molecule has 1 amide bonds. The summed E-state index contributed by atoms with van der Waals surface area (Å²) in [5, 5.41) is 3.61. The van der Waals surface area contributed by atoms with Crippen molar-refractivity contribution in [2.45, 2.75) is 44.9 Å². The van der Waals surface area contributed by atoms with E-state index in [0.29, 0.717) is 23.2 Å². The van der Waals surface area contributed by atoms with Crippen LogP contribution in [0, 0.1) is 12.8 Å². The van der Waals surface area contributed by atoms with Crippen molar-refractivity contribution in [2.75, 3.05) is 0 Å². The number of aromatic nitrogens is 1. The summed E-state index contributed by atoms with van der Waals surface area (Å²) in [5.74, 6) is 1.22. The summed E-state index contributed by atoms with van der Waals surface area (Å²) in [6.07, 6.45) is 3.26. The normalized spacial score (nSPS) is 25.2. The van der Waals surface area contributed by atoms with Crippen molar-refractivity contribution in [3.63, 3.8) is 0 Å². The van der Waals surface area contributed by atoms with E-state index in [-0.39, 0.29) is 24.0 Å². The summed E-state index contributed by atoms with van der Waals surface area (Å²) >= 11 is 5.91. The Kier molecular flexibility index (Phi) is 4.06. The van der Waals surface area contributed by atoms with Gasteiger partial charge in [-0.25, -0.2) is 4.98 Å². The molecule has 0 radical (unpaired) electrons. The SMILES string of the molecule is Cc1nc(CNC(=O)[C@@H]2C[C@H]3CC[C@H]2O3)oc1-c1ccc(Cl)cc1. The van der Waals surface area contributed by atoms with E-state index in [1.807, 2.05) is 31.2 Å². The molecule has 0 aliphatic carbocycles. The average Bonchev–Trinajstić information content (AvgIpc) is 3.29. The van der Waals surface area contributed by atoms with Crippen LogP contribution in [0.15, 0.2) is 28.7 Å². The molecule has 3 atom stereocenters. The number of nitrogens with zero attached hydrogens (tertiary/aromatic N) is 1. The van der Waals surface area contributed by atoms with Crippen LogP contribution in [0.25, 0.3) is 11.3 Å². The molecule has 2 saturated heterocycles. The third kappa shape index (κ3) is 2.94. The van der Waals surface area contributed by atoms with E-state index in [2.05, 4.69) is 10.3 Å². The van der Waals surface area contributed by atoms with E-state index in [4.69, 9.17) is 20.8 Å². The molecule has 0 spiro atoms. The summed E-state index contributed by atoms with van der Waals surface area (Å²) in [5.41, 5.74) is 1.72. The number of hydrogen-bond donors (Lipinski definition) is 1. The van der Waals surface area contributed by atoms with Crippen LogP contribution in [0.1, 0.15) is 30.8 Å². The van der Waals surface area contributed by atoms with Crippen molar-refractivity contribution < 1.29 is 13.9 Å². The largest absolute Gasteiger partial charge is 0.438 e. The molecule has 2 bridgehead atoms. The van der Waals surface area contributed by atoms with Gasteiger partial charge in [0.15, 0.2) is 5.76 Å². The number of oxazole rings is 1. The number of carbonyl (C=O) groups excluding carboxylic acids is 1. The first kappa shape index (κ1) is 15.7. The second kappa shape index (κ2) is 6.22. The molecule has 0 saturated carbocycles. The van der Waals surface area contributed by atoms with Gasteiger partial charge in [-0.3, -0.25) is 4.79 Å². The first-order chi connectivity index (χ1) is 11.6. The van der Waals surface area contributed by atoms with Gasteiger partial charge < -0.3 is 14.5 Å². The topological polar surface area (TPSA) is 64.4 Å². The van der Waals surface area contributed by atoms with E-state index in [9.17, 15) is 4.79 Å². The Hall–Kier alpha value is -1.85. The van der Waals surface area contributed by atoms with Crippen molar-refractivity contribution in [3.05, 3.63) is 40.9 Å². The molecule has 3 heterocycles. The lowest BCUT2D eigenvalue weighted by atomic mass is 9.88. The maximum Gasteiger partial charge on any atom is 0.226 e. The van der Waals surface area contributed by atoms with Gasteiger partial charge in [-0.1, -0.05) is 11.6 Å². The number of benzene rings is 1. The summed E-state index contributed by atoms with van der Waals surface area (Å²) in [6, 6.07) is 7.42. The lowest BCUT2D eigenvalue weighted by Crippen LogP contribution is -2.35. The van der Waals surface area contributed by atoms with Crippen LogP contribution in [0.4, 0.5) is 0 Å². The zero-order valence-electron chi connectivity index (χ0n) is 13.4. The number of ether oxygens (including phenoxy) is 1. The Morgan fingerprint density at radius 2 is 2.12 bits per heavy atom. The van der Waals surface area contributed by atoms with Crippen molar-refractivity contribution in [1.82, 2.24) is 10.3 Å². The van der Waals surface area contributed by atoms with Gasteiger partial charge >= 0.3 is 0 Å². The Morgan fingerprint density at radius 1 is 1.33 bits per heavy atom. The van der Waals surface area contributed by atoms with Gasteiger partial charge in [0.1, 0.15) is 0 Å². The number of hydrogen-bond acceptors (Lipinski definition) is 4. The minimum Gasteiger partial charge on any atom is -0.438 e. The first-order valence-electron chi connectivity index (χ1n) is 8.25. The van der Waals surface area contributed by atoms with Crippen molar-refractivity contribution >= 4 is 17.5 Å². The summed E-state index contributed by atoms with van der Waals surface area (Å²) in [7, 11) is 0. The molecule has 2 aliphatic heterocycles. The Labute approximate surface area is 145 Å². The molecule has 126 valence electrons.